The first kappa shape index (κ1) is 63.2. The topological polar surface area (TPSA) is 465 Å². The molecule has 27 heteroatoms. The first-order valence-corrected chi connectivity index (χ1v) is 26.7. The first-order valence-electron chi connectivity index (χ1n) is 26.7. The van der Waals surface area contributed by atoms with E-state index in [-0.39, 0.29) is 107 Å². The first-order chi connectivity index (χ1) is 38.7. The van der Waals surface area contributed by atoms with Gasteiger partial charge in [0.1, 0.15) is 30.6 Å². The Kier molecular flexibility index (Phi) is 24.8. The van der Waals surface area contributed by atoms with Crippen LogP contribution in [0.15, 0.2) is 85.1 Å². The van der Waals surface area contributed by atoms with Crippen LogP contribution in [-0.4, -0.2) is 149 Å². The molecule has 1 aliphatic heterocycles. The number of amides is 8. The van der Waals surface area contributed by atoms with Crippen LogP contribution in [0.5, 0.6) is 0 Å². The highest BCUT2D eigenvalue weighted by Gasteiger charge is 2.36. The third-order valence-electron chi connectivity index (χ3n) is 13.5. The monoisotopic (exact) mass is 1120 g/mol. The quantitative estimate of drug-likeness (QED) is 0.0181. The highest BCUT2D eigenvalue weighted by Crippen LogP contribution is 2.20. The van der Waals surface area contributed by atoms with E-state index in [4.69, 9.17) is 33.8 Å². The average molecular weight is 1120 g/mol. The number of benzene rings is 3. The van der Waals surface area contributed by atoms with E-state index in [9.17, 15) is 48.6 Å². The number of aliphatic hydroxyl groups is 2. The molecule has 8 amide bonds. The molecule has 438 valence electrons. The fourth-order valence-electron chi connectivity index (χ4n) is 9.35. The molecular weight excluding hydrogens is 1050 g/mol. The largest absolute Gasteiger partial charge is 0.376 e. The highest BCUT2D eigenvalue weighted by atomic mass is 16.3. The predicted octanol–water partition coefficient (Wildman–Crippen LogP) is -3.01. The number of H-pyrrole nitrogens is 1. The molecule has 81 heavy (non-hydrogen) atoms. The van der Waals surface area contributed by atoms with E-state index >= 15 is 0 Å². The number of aromatic amines is 1. The molecule has 2 unspecified atom stereocenters. The Labute approximate surface area is 468 Å². The number of aliphatic hydroxyl groups excluding tert-OH is 2. The van der Waals surface area contributed by atoms with Crippen LogP contribution in [0.4, 0.5) is 0 Å². The van der Waals surface area contributed by atoms with Crippen molar-refractivity contribution < 1.29 is 48.6 Å². The number of rotatable bonds is 20. The van der Waals surface area contributed by atoms with Gasteiger partial charge in [0.25, 0.3) is 0 Å². The molecule has 9 atom stereocenters. The summed E-state index contributed by atoms with van der Waals surface area (Å²) in [5.41, 5.74) is 24.9. The van der Waals surface area contributed by atoms with Crippen molar-refractivity contribution in [3.8, 4) is 0 Å². The summed E-state index contributed by atoms with van der Waals surface area (Å²) >= 11 is 0. The van der Waals surface area contributed by atoms with Gasteiger partial charge in [-0.15, -0.1) is 0 Å². The van der Waals surface area contributed by atoms with Crippen molar-refractivity contribution in [3.63, 3.8) is 0 Å². The van der Waals surface area contributed by atoms with E-state index in [1.807, 2.05) is 24.3 Å². The second-order valence-corrected chi connectivity index (χ2v) is 19.8. The maximum absolute atomic E-state index is 14.9. The van der Waals surface area contributed by atoms with Crippen LogP contribution in [0.1, 0.15) is 85.3 Å². The number of hydrogen-bond donors (Lipinski definition) is 19. The van der Waals surface area contributed by atoms with Crippen LogP contribution >= 0.6 is 0 Å². The molecule has 4 aromatic rings. The highest BCUT2D eigenvalue weighted by molar-refractivity contribution is 5.96. The Morgan fingerprint density at radius 2 is 1.36 bits per heavy atom. The zero-order valence-electron chi connectivity index (χ0n) is 45.1. The zero-order chi connectivity index (χ0) is 59.0. The van der Waals surface area contributed by atoms with Gasteiger partial charge in [-0.25, -0.2) is 0 Å². The molecule has 27 nitrogen and oxygen atoms in total. The lowest BCUT2D eigenvalue weighted by molar-refractivity contribution is -0.134. The van der Waals surface area contributed by atoms with Gasteiger partial charge in [-0.1, -0.05) is 66.7 Å². The standard InChI is InChI=1S/C54H77N17O10/c1-30(72)65-38(20-11-23-62-53(57)58)47(76)71-43-28-44(73)61-22-10-9-19-37(46(56)75)66-50(79)42(27-33-29-64-36-18-8-7-16-34(33)36)69-48(77)39(21-12-24-63-54(59)60)67-49(78)40(25-31-13-3-2-4-14-31)68-51(80)41(70-52(43)81)26-32-15-5-6-17-35(32)45(55)74/h2-8,13-18,29,37-43,47,51,64,68,71,76,80H,9-12,19-28H2,1H3,(H2,55,74)(H2,56,75)(H,61,73)(H,65,72)(H,66,79)(H,67,78)(H,69,77)(H,70,81)(H4,57,58,62)(H4,59,60,63)/t37-,38-,39-,40+,41-,42-,43-,47?,51?/m0/s1. The number of para-hydroxylation sites is 1. The van der Waals surface area contributed by atoms with E-state index in [2.05, 4.69) is 58.2 Å². The number of hydrogen-bond acceptors (Lipinski definition) is 14. The Bertz CT molecular complexity index is 2820. The van der Waals surface area contributed by atoms with Gasteiger partial charge in [0.15, 0.2) is 11.9 Å². The van der Waals surface area contributed by atoms with Crippen molar-refractivity contribution in [2.24, 2.45) is 22.9 Å². The minimum atomic E-state index is -1.87. The molecule has 1 aliphatic rings. The lowest BCUT2D eigenvalue weighted by atomic mass is 9.97. The molecule has 1 fully saturated rings. The minimum Gasteiger partial charge on any atom is -0.376 e. The molecule has 0 saturated carbocycles. The van der Waals surface area contributed by atoms with Gasteiger partial charge < -0.3 is 80.7 Å². The fraction of sp³-hybridized carbons (Fsp3) is 0.444. The molecular formula is C54H77N17O10. The average Bonchev–Trinajstić information content (AvgIpc) is 4.10. The number of fused-ring (bicyclic) bond motifs is 1. The summed E-state index contributed by atoms with van der Waals surface area (Å²) in [6.07, 6.45) is -2.03. The van der Waals surface area contributed by atoms with Crippen molar-refractivity contribution >= 4 is 70.1 Å². The number of carbonyl (C=O) groups excluding carboxylic acids is 8. The maximum Gasteiger partial charge on any atom is 0.248 e. The molecule has 2 heterocycles. The van der Waals surface area contributed by atoms with Gasteiger partial charge in [-0.3, -0.25) is 59.8 Å². The van der Waals surface area contributed by atoms with Gasteiger partial charge in [0, 0.05) is 55.6 Å². The number of guanidine groups is 2. The van der Waals surface area contributed by atoms with Gasteiger partial charge >= 0.3 is 0 Å². The van der Waals surface area contributed by atoms with Crippen molar-refractivity contribution in [2.75, 3.05) is 19.6 Å². The Morgan fingerprint density at radius 1 is 0.716 bits per heavy atom. The Hall–Kier alpha value is -8.66. The van der Waals surface area contributed by atoms with Gasteiger partial charge in [-0.05, 0) is 86.6 Å². The summed E-state index contributed by atoms with van der Waals surface area (Å²) in [7, 11) is 0. The van der Waals surface area contributed by atoms with Crippen molar-refractivity contribution in [1.82, 2.24) is 58.2 Å². The van der Waals surface area contributed by atoms with E-state index in [0.29, 0.717) is 11.1 Å². The maximum atomic E-state index is 14.9. The molecule has 1 saturated heterocycles. The van der Waals surface area contributed by atoms with Crippen molar-refractivity contribution in [2.45, 2.75) is 132 Å². The van der Waals surface area contributed by atoms with E-state index in [0.717, 1.165) is 10.9 Å². The summed E-state index contributed by atoms with van der Waals surface area (Å²) in [4.78, 5) is 114. The summed E-state index contributed by atoms with van der Waals surface area (Å²) in [5, 5.41) is 67.3. The lowest BCUT2D eigenvalue weighted by Crippen LogP contribution is -2.62. The van der Waals surface area contributed by atoms with Gasteiger partial charge in [0.2, 0.25) is 47.3 Å². The molecule has 0 radical (unpaired) electrons. The summed E-state index contributed by atoms with van der Waals surface area (Å²) in [6.45, 7) is 1.53. The van der Waals surface area contributed by atoms with Gasteiger partial charge in [-0.2, -0.15) is 0 Å². The second kappa shape index (κ2) is 31.8. The number of aromatic nitrogens is 1. The normalized spacial score (nSPS) is 21.8. The number of nitrogens with one attached hydrogen (secondary N) is 13. The van der Waals surface area contributed by atoms with Crippen LogP contribution < -0.4 is 76.1 Å². The van der Waals surface area contributed by atoms with E-state index < -0.39 is 108 Å². The van der Waals surface area contributed by atoms with Crippen LogP contribution in [0, 0.1) is 10.8 Å². The number of nitrogens with two attached hydrogens (primary N) is 4. The fourth-order valence-corrected chi connectivity index (χ4v) is 9.35. The van der Waals surface area contributed by atoms with Gasteiger partial charge in [0.05, 0.1) is 30.6 Å². The van der Waals surface area contributed by atoms with Crippen molar-refractivity contribution in [3.05, 3.63) is 107 Å². The summed E-state index contributed by atoms with van der Waals surface area (Å²) in [6, 6.07) is 12.6. The Balaban J connectivity index is 1.59. The third-order valence-corrected chi connectivity index (χ3v) is 13.5. The lowest BCUT2D eigenvalue weighted by Gasteiger charge is -2.32. The summed E-state index contributed by atoms with van der Waals surface area (Å²) in [5.74, 6) is -6.92. The second-order valence-electron chi connectivity index (χ2n) is 19.8. The van der Waals surface area contributed by atoms with E-state index in [1.165, 1.54) is 13.0 Å². The number of primary amides is 2. The molecule has 23 N–H and O–H groups in total. The molecule has 5 rings (SSSR count). The van der Waals surface area contributed by atoms with Crippen LogP contribution in [-0.2, 0) is 52.8 Å². The molecule has 1 aromatic heterocycles. The molecule has 0 spiro atoms. The Morgan fingerprint density at radius 3 is 2.05 bits per heavy atom. The van der Waals surface area contributed by atoms with E-state index in [1.54, 1.807) is 54.7 Å². The van der Waals surface area contributed by atoms with Crippen LogP contribution in [0.2, 0.25) is 0 Å². The smallest absolute Gasteiger partial charge is 0.248 e. The van der Waals surface area contributed by atoms with Crippen LogP contribution in [0.3, 0.4) is 0 Å². The van der Waals surface area contributed by atoms with Crippen LogP contribution in [0.25, 0.3) is 10.9 Å². The molecule has 0 bridgehead atoms. The predicted molar refractivity (Wildman–Crippen MR) is 301 cm³/mol. The van der Waals surface area contributed by atoms with Crippen molar-refractivity contribution in [1.29, 1.82) is 10.8 Å². The molecule has 3 aromatic carbocycles. The summed E-state index contributed by atoms with van der Waals surface area (Å²) < 4.78 is 0. The third kappa shape index (κ3) is 20.8. The minimum absolute atomic E-state index is 0.00832. The molecule has 0 aliphatic carbocycles. The number of carbonyl (C=O) groups is 8. The zero-order valence-corrected chi connectivity index (χ0v) is 45.1. The SMILES string of the molecule is CC(=O)N[C@@H](CCCNC(=N)N)C(O)N[C@H]1CC(=O)NCCCC[C@@H](C(N)=O)NC(=O)[C@H](Cc2c[nH]c3ccccc23)NC(=O)[C@H](CCCNC(=N)N)NC(=O)[C@@H](Cc2ccccc2)NC(O)[C@H](Cc2ccccc2C(N)=O)NC1=O.